The van der Waals surface area contributed by atoms with Crippen LogP contribution in [-0.2, 0) is 0 Å². The lowest BCUT2D eigenvalue weighted by Gasteiger charge is -2.27. The van der Waals surface area contributed by atoms with Gasteiger partial charge < -0.3 is 9.47 Å². The molecule has 1 heterocycles. The lowest BCUT2D eigenvalue weighted by Crippen LogP contribution is -2.20. The molecule has 3 nitrogen and oxygen atoms in total. The van der Waals surface area contributed by atoms with Crippen molar-refractivity contribution in [3.05, 3.63) is 59.7 Å². The number of carbonyl (C=O) groups is 1. The first-order valence-corrected chi connectivity index (χ1v) is 12.5. The molecule has 0 N–H and O–H groups in total. The Balaban J connectivity index is 1.55. The topological polar surface area (TPSA) is 35.5 Å². The van der Waals surface area contributed by atoms with Crippen molar-refractivity contribution in [3.63, 3.8) is 0 Å². The van der Waals surface area contributed by atoms with Gasteiger partial charge in [-0.1, -0.05) is 43.6 Å². The Kier molecular flexibility index (Phi) is 7.00. The van der Waals surface area contributed by atoms with Gasteiger partial charge in [0.2, 0.25) is 0 Å². The van der Waals surface area contributed by atoms with Crippen LogP contribution < -0.4 is 9.47 Å². The Morgan fingerprint density at radius 1 is 1.00 bits per heavy atom. The summed E-state index contributed by atoms with van der Waals surface area (Å²) in [5, 5.41) is 0. The van der Waals surface area contributed by atoms with E-state index < -0.39 is 21.1 Å². The number of hydrogen-bond donors (Lipinski definition) is 0. The van der Waals surface area contributed by atoms with Crippen LogP contribution in [0.4, 0.5) is 13.2 Å². The lowest BCUT2D eigenvalue weighted by molar-refractivity contribution is -0.274. The van der Waals surface area contributed by atoms with E-state index in [2.05, 4.69) is 11.7 Å². The van der Waals surface area contributed by atoms with Crippen LogP contribution in [-0.4, -0.2) is 21.1 Å². The maximum Gasteiger partial charge on any atom is 0.573 e. The largest absolute Gasteiger partial charge is 0.573 e. The van der Waals surface area contributed by atoms with Crippen molar-refractivity contribution in [3.8, 4) is 11.5 Å². The maximum atomic E-state index is 12.2. The summed E-state index contributed by atoms with van der Waals surface area (Å²) in [6.07, 6.45) is -0.953. The highest BCUT2D eigenvalue weighted by Crippen LogP contribution is 2.35. The Morgan fingerprint density at radius 3 is 2.14 bits per heavy atom. The third-order valence-electron chi connectivity index (χ3n) is 5.43. The normalized spacial score (nSPS) is 19.6. The van der Waals surface area contributed by atoms with E-state index in [1.165, 1.54) is 55.1 Å². The van der Waals surface area contributed by atoms with E-state index in [-0.39, 0.29) is 11.3 Å². The zero-order valence-corrected chi connectivity index (χ0v) is 17.5. The molecule has 3 rings (SSSR count). The predicted molar refractivity (Wildman–Crippen MR) is 108 cm³/mol. The van der Waals surface area contributed by atoms with Crippen molar-refractivity contribution >= 4 is 14.8 Å². The van der Waals surface area contributed by atoms with E-state index in [0.29, 0.717) is 11.7 Å². The number of alkyl halides is 3. The molecule has 0 aromatic heterocycles. The highest BCUT2D eigenvalue weighted by atomic mass is 28.3. The van der Waals surface area contributed by atoms with Gasteiger partial charge in [0.15, 0.2) is 0 Å². The van der Waals surface area contributed by atoms with Gasteiger partial charge in [0.1, 0.15) is 11.5 Å². The molecule has 0 aliphatic carbocycles. The van der Waals surface area contributed by atoms with E-state index >= 15 is 0 Å². The van der Waals surface area contributed by atoms with E-state index in [4.69, 9.17) is 4.74 Å². The van der Waals surface area contributed by atoms with Gasteiger partial charge in [0.05, 0.1) is 5.56 Å². The molecule has 0 atom stereocenters. The Bertz CT molecular complexity index is 796. The molecule has 0 spiro atoms. The first-order valence-electron chi connectivity index (χ1n) is 10.0. The average molecular weight is 423 g/mol. The molecule has 29 heavy (non-hydrogen) atoms. The number of halogens is 3. The predicted octanol–water partition coefficient (Wildman–Crippen LogP) is 6.32. The SMILES string of the molecule is CCC[Si@H]1CC[C@H](c2ccc(OC(=O)c3ccc(OC(F)(F)F)cc3)cc2)CC1. The van der Waals surface area contributed by atoms with Gasteiger partial charge in [-0.3, -0.25) is 0 Å². The summed E-state index contributed by atoms with van der Waals surface area (Å²) >= 11 is 0. The molecule has 2 aromatic rings. The zero-order valence-electron chi connectivity index (χ0n) is 16.4. The minimum absolute atomic E-state index is 0.155. The molecule has 1 aliphatic heterocycles. The minimum atomic E-state index is -4.76. The third kappa shape index (κ3) is 6.35. The molecular formula is C22H25F3O3Si. The fourth-order valence-electron chi connectivity index (χ4n) is 3.96. The first kappa shape index (κ1) is 21.4. The van der Waals surface area contributed by atoms with Crippen molar-refractivity contribution in [2.45, 2.75) is 56.6 Å². The first-order chi connectivity index (χ1) is 13.8. The van der Waals surface area contributed by atoms with Crippen molar-refractivity contribution in [2.75, 3.05) is 0 Å². The van der Waals surface area contributed by atoms with Crippen LogP contribution in [0.15, 0.2) is 48.5 Å². The summed E-state index contributed by atoms with van der Waals surface area (Å²) in [6, 6.07) is 16.5. The van der Waals surface area contributed by atoms with Gasteiger partial charge in [-0.25, -0.2) is 4.79 Å². The highest BCUT2D eigenvalue weighted by molar-refractivity contribution is 6.59. The zero-order chi connectivity index (χ0) is 20.9. The summed E-state index contributed by atoms with van der Waals surface area (Å²) in [7, 11) is -0.509. The molecule has 0 saturated carbocycles. The van der Waals surface area contributed by atoms with Crippen LogP contribution in [0, 0.1) is 0 Å². The molecular weight excluding hydrogens is 397 g/mol. The van der Waals surface area contributed by atoms with Gasteiger partial charge in [0, 0.05) is 8.80 Å². The minimum Gasteiger partial charge on any atom is -0.423 e. The van der Waals surface area contributed by atoms with Crippen LogP contribution in [0.1, 0.15) is 48.0 Å². The maximum absolute atomic E-state index is 12.2. The fourth-order valence-corrected chi connectivity index (χ4v) is 7.39. The molecule has 2 aromatic carbocycles. The molecule has 0 unspecified atom stereocenters. The summed E-state index contributed by atoms with van der Waals surface area (Å²) in [5.41, 5.74) is 1.44. The number of carbonyl (C=O) groups excluding carboxylic acids is 1. The van der Waals surface area contributed by atoms with Gasteiger partial charge in [0.25, 0.3) is 0 Å². The molecule has 156 valence electrons. The van der Waals surface area contributed by atoms with E-state index in [1.54, 1.807) is 12.1 Å². The quantitative estimate of drug-likeness (QED) is 0.310. The van der Waals surface area contributed by atoms with Crippen LogP contribution in [0.2, 0.25) is 18.1 Å². The summed E-state index contributed by atoms with van der Waals surface area (Å²) in [5.74, 6) is 0.00227. The van der Waals surface area contributed by atoms with E-state index in [9.17, 15) is 18.0 Å². The van der Waals surface area contributed by atoms with Crippen LogP contribution >= 0.6 is 0 Å². The van der Waals surface area contributed by atoms with Crippen LogP contribution in [0.5, 0.6) is 11.5 Å². The second-order valence-electron chi connectivity index (χ2n) is 7.54. The number of ether oxygens (including phenoxy) is 2. The summed E-state index contributed by atoms with van der Waals surface area (Å²) in [4.78, 5) is 12.2. The van der Waals surface area contributed by atoms with Gasteiger partial charge in [-0.15, -0.1) is 13.2 Å². The molecule has 7 heteroatoms. The van der Waals surface area contributed by atoms with Gasteiger partial charge in [-0.05, 0) is 60.7 Å². The molecule has 0 amide bonds. The number of rotatable bonds is 6. The van der Waals surface area contributed by atoms with Crippen molar-refractivity contribution in [1.82, 2.24) is 0 Å². The summed E-state index contributed by atoms with van der Waals surface area (Å²) < 4.78 is 45.7. The highest BCUT2D eigenvalue weighted by Gasteiger charge is 2.31. The van der Waals surface area contributed by atoms with Crippen LogP contribution in [0.3, 0.4) is 0 Å². The number of esters is 1. The Morgan fingerprint density at radius 2 is 1.59 bits per heavy atom. The van der Waals surface area contributed by atoms with E-state index in [0.717, 1.165) is 12.1 Å². The lowest BCUT2D eigenvalue weighted by atomic mass is 9.93. The molecule has 1 aliphatic rings. The second kappa shape index (κ2) is 9.48. The third-order valence-corrected chi connectivity index (χ3v) is 9.12. The molecule has 0 radical (unpaired) electrons. The Hall–Kier alpha value is -2.28. The average Bonchev–Trinajstić information content (AvgIpc) is 2.69. The van der Waals surface area contributed by atoms with Crippen molar-refractivity contribution in [2.24, 2.45) is 0 Å². The van der Waals surface area contributed by atoms with Crippen LogP contribution in [0.25, 0.3) is 0 Å². The number of benzene rings is 2. The smallest absolute Gasteiger partial charge is 0.423 e. The van der Waals surface area contributed by atoms with Crippen molar-refractivity contribution < 1.29 is 27.4 Å². The summed E-state index contributed by atoms with van der Waals surface area (Å²) in [6.45, 7) is 2.27. The molecule has 1 saturated heterocycles. The second-order valence-corrected chi connectivity index (χ2v) is 11.0. The van der Waals surface area contributed by atoms with E-state index in [1.807, 2.05) is 12.1 Å². The molecule has 0 bridgehead atoms. The monoisotopic (exact) mass is 422 g/mol. The Labute approximate surface area is 170 Å². The number of hydrogen-bond acceptors (Lipinski definition) is 3. The van der Waals surface area contributed by atoms with Gasteiger partial charge >= 0.3 is 12.3 Å². The fraction of sp³-hybridized carbons (Fsp3) is 0.409. The van der Waals surface area contributed by atoms with Crippen molar-refractivity contribution in [1.29, 1.82) is 0 Å². The van der Waals surface area contributed by atoms with Gasteiger partial charge in [-0.2, -0.15) is 0 Å². The molecule has 1 fully saturated rings. The standard InChI is InChI=1S/C22H25F3O3Si/c1-2-13-29-14-11-17(12-15-29)16-3-7-19(8-4-16)27-21(26)18-5-9-20(10-6-18)28-22(23,24)25/h3-10,17,29H,2,11-15H2,1H3/t17-,29-.